The Labute approximate surface area is 119 Å². The van der Waals surface area contributed by atoms with Gasteiger partial charge in [-0.1, -0.05) is 12.1 Å². The summed E-state index contributed by atoms with van der Waals surface area (Å²) in [7, 11) is 1.63. The summed E-state index contributed by atoms with van der Waals surface area (Å²) >= 11 is 3.07. The predicted molar refractivity (Wildman–Crippen MR) is 74.1 cm³/mol. The third kappa shape index (κ3) is 3.17. The lowest BCUT2D eigenvalue weighted by Crippen LogP contribution is -2.27. The van der Waals surface area contributed by atoms with E-state index in [1.807, 2.05) is 6.07 Å². The number of carbonyl (C=O) groups is 1. The molecule has 0 bridgehead atoms. The number of nitrogens with zero attached hydrogens (tertiary/aromatic N) is 2. The Hall–Kier alpha value is -1.75. The van der Waals surface area contributed by atoms with E-state index in [4.69, 9.17) is 0 Å². The molecule has 0 N–H and O–H groups in total. The minimum atomic E-state index is -0.537. The molecule has 0 fully saturated rings. The molecule has 0 spiro atoms. The number of rotatable bonds is 3. The standard InChI is InChI=1S/C14H12BrFN2O/c1-18(9-10-4-3-7-17-8-10)14(19)11-5-2-6-12(15)13(11)16/h2-8H,9H2,1H3. The second-order valence-corrected chi connectivity index (χ2v) is 4.98. The zero-order valence-corrected chi connectivity index (χ0v) is 11.9. The average molecular weight is 323 g/mol. The van der Waals surface area contributed by atoms with E-state index < -0.39 is 5.82 Å². The highest BCUT2D eigenvalue weighted by Crippen LogP contribution is 2.20. The van der Waals surface area contributed by atoms with Crippen LogP contribution in [0.3, 0.4) is 0 Å². The second-order valence-electron chi connectivity index (χ2n) is 4.12. The van der Waals surface area contributed by atoms with Crippen LogP contribution in [0.15, 0.2) is 47.2 Å². The third-order valence-corrected chi connectivity index (χ3v) is 3.28. The van der Waals surface area contributed by atoms with Crippen LogP contribution in [0.4, 0.5) is 4.39 Å². The first kappa shape index (κ1) is 13.7. The molecule has 2 aromatic rings. The van der Waals surface area contributed by atoms with Gasteiger partial charge in [0.2, 0.25) is 0 Å². The van der Waals surface area contributed by atoms with Crippen LogP contribution < -0.4 is 0 Å². The van der Waals surface area contributed by atoms with E-state index in [1.54, 1.807) is 37.6 Å². The van der Waals surface area contributed by atoms with Gasteiger partial charge in [0.25, 0.3) is 5.91 Å². The summed E-state index contributed by atoms with van der Waals surface area (Å²) in [4.78, 5) is 17.6. The highest BCUT2D eigenvalue weighted by molar-refractivity contribution is 9.10. The number of hydrogen-bond acceptors (Lipinski definition) is 2. The van der Waals surface area contributed by atoms with Gasteiger partial charge in [-0.25, -0.2) is 4.39 Å². The summed E-state index contributed by atoms with van der Waals surface area (Å²) in [6, 6.07) is 8.34. The molecule has 0 saturated carbocycles. The van der Waals surface area contributed by atoms with Gasteiger partial charge in [0.1, 0.15) is 5.82 Å². The van der Waals surface area contributed by atoms with Crippen molar-refractivity contribution >= 4 is 21.8 Å². The molecule has 98 valence electrons. The fourth-order valence-electron chi connectivity index (χ4n) is 1.71. The minimum Gasteiger partial charge on any atom is -0.337 e. The molecule has 0 aliphatic heterocycles. The Balaban J connectivity index is 2.18. The fourth-order valence-corrected chi connectivity index (χ4v) is 2.08. The SMILES string of the molecule is CN(Cc1cccnc1)C(=O)c1cccc(Br)c1F. The van der Waals surface area contributed by atoms with E-state index in [9.17, 15) is 9.18 Å². The van der Waals surface area contributed by atoms with E-state index in [-0.39, 0.29) is 15.9 Å². The van der Waals surface area contributed by atoms with Crippen molar-refractivity contribution in [1.82, 2.24) is 9.88 Å². The molecule has 1 amide bonds. The van der Waals surface area contributed by atoms with Crippen molar-refractivity contribution in [2.24, 2.45) is 0 Å². The molecule has 0 saturated heterocycles. The fraction of sp³-hybridized carbons (Fsp3) is 0.143. The molecule has 2 rings (SSSR count). The lowest BCUT2D eigenvalue weighted by molar-refractivity contribution is 0.0780. The molecule has 1 aromatic carbocycles. The van der Waals surface area contributed by atoms with Crippen LogP contribution in [0.1, 0.15) is 15.9 Å². The normalized spacial score (nSPS) is 10.3. The molecular formula is C14H12BrFN2O. The Morgan fingerprint density at radius 2 is 2.16 bits per heavy atom. The van der Waals surface area contributed by atoms with E-state index >= 15 is 0 Å². The Bertz CT molecular complexity index is 589. The molecule has 1 aromatic heterocycles. The van der Waals surface area contributed by atoms with E-state index in [2.05, 4.69) is 20.9 Å². The number of aromatic nitrogens is 1. The molecule has 19 heavy (non-hydrogen) atoms. The van der Waals surface area contributed by atoms with Crippen LogP contribution in [0, 0.1) is 5.82 Å². The second kappa shape index (κ2) is 5.93. The molecule has 3 nitrogen and oxygen atoms in total. The maximum Gasteiger partial charge on any atom is 0.256 e. The topological polar surface area (TPSA) is 33.2 Å². The summed E-state index contributed by atoms with van der Waals surface area (Å²) in [5.74, 6) is -0.895. The van der Waals surface area contributed by atoms with Gasteiger partial charge in [0.15, 0.2) is 0 Å². The first-order valence-corrected chi connectivity index (χ1v) is 6.47. The first-order valence-electron chi connectivity index (χ1n) is 5.68. The van der Waals surface area contributed by atoms with Gasteiger partial charge in [-0.2, -0.15) is 0 Å². The summed E-state index contributed by atoms with van der Waals surface area (Å²) in [5.41, 5.74) is 0.953. The quantitative estimate of drug-likeness (QED) is 0.869. The van der Waals surface area contributed by atoms with Crippen LogP contribution in [-0.4, -0.2) is 22.8 Å². The van der Waals surface area contributed by atoms with Gasteiger partial charge in [0, 0.05) is 26.0 Å². The number of benzene rings is 1. The van der Waals surface area contributed by atoms with Crippen molar-refractivity contribution in [1.29, 1.82) is 0 Å². The largest absolute Gasteiger partial charge is 0.337 e. The molecule has 0 aliphatic carbocycles. The van der Waals surface area contributed by atoms with Gasteiger partial charge in [-0.05, 0) is 39.7 Å². The van der Waals surface area contributed by atoms with E-state index in [1.165, 1.54) is 11.0 Å². The van der Waals surface area contributed by atoms with Crippen molar-refractivity contribution in [2.45, 2.75) is 6.54 Å². The van der Waals surface area contributed by atoms with Crippen LogP contribution in [0.2, 0.25) is 0 Å². The molecule has 0 unspecified atom stereocenters. The summed E-state index contributed by atoms with van der Waals surface area (Å²) < 4.78 is 14.1. The number of hydrogen-bond donors (Lipinski definition) is 0. The van der Waals surface area contributed by atoms with Crippen LogP contribution in [0.5, 0.6) is 0 Å². The molecular weight excluding hydrogens is 311 g/mol. The zero-order chi connectivity index (χ0) is 13.8. The average Bonchev–Trinajstić information content (AvgIpc) is 2.42. The summed E-state index contributed by atoms with van der Waals surface area (Å²) in [5, 5.41) is 0. The number of pyridine rings is 1. The molecule has 0 aliphatic rings. The van der Waals surface area contributed by atoms with Crippen molar-refractivity contribution in [2.75, 3.05) is 7.05 Å². The van der Waals surface area contributed by atoms with Gasteiger partial charge >= 0.3 is 0 Å². The van der Waals surface area contributed by atoms with Gasteiger partial charge in [-0.3, -0.25) is 9.78 Å². The number of halogens is 2. The molecule has 0 atom stereocenters. The van der Waals surface area contributed by atoms with Crippen molar-refractivity contribution in [3.8, 4) is 0 Å². The Kier molecular flexibility index (Phi) is 4.27. The predicted octanol–water partition coefficient (Wildman–Crippen LogP) is 3.26. The number of amides is 1. The first-order chi connectivity index (χ1) is 9.09. The highest BCUT2D eigenvalue weighted by atomic mass is 79.9. The minimum absolute atomic E-state index is 0.0563. The summed E-state index contributed by atoms with van der Waals surface area (Å²) in [6.45, 7) is 0.388. The molecule has 1 heterocycles. The maximum absolute atomic E-state index is 13.8. The van der Waals surface area contributed by atoms with Gasteiger partial charge in [0.05, 0.1) is 10.0 Å². The van der Waals surface area contributed by atoms with Crippen molar-refractivity contribution in [3.63, 3.8) is 0 Å². The smallest absolute Gasteiger partial charge is 0.256 e. The molecule has 0 radical (unpaired) electrons. The lowest BCUT2D eigenvalue weighted by Gasteiger charge is -2.17. The Morgan fingerprint density at radius 3 is 2.84 bits per heavy atom. The van der Waals surface area contributed by atoms with Crippen molar-refractivity contribution < 1.29 is 9.18 Å². The van der Waals surface area contributed by atoms with Crippen LogP contribution >= 0.6 is 15.9 Å². The van der Waals surface area contributed by atoms with Gasteiger partial charge < -0.3 is 4.90 Å². The van der Waals surface area contributed by atoms with Crippen molar-refractivity contribution in [3.05, 3.63) is 64.1 Å². The van der Waals surface area contributed by atoms with Crippen LogP contribution in [-0.2, 0) is 6.54 Å². The highest BCUT2D eigenvalue weighted by Gasteiger charge is 2.17. The van der Waals surface area contributed by atoms with Gasteiger partial charge in [-0.15, -0.1) is 0 Å². The lowest BCUT2D eigenvalue weighted by atomic mass is 10.1. The molecule has 5 heteroatoms. The van der Waals surface area contributed by atoms with E-state index in [0.717, 1.165) is 5.56 Å². The monoisotopic (exact) mass is 322 g/mol. The number of carbonyl (C=O) groups excluding carboxylic acids is 1. The zero-order valence-electron chi connectivity index (χ0n) is 10.3. The Morgan fingerprint density at radius 1 is 1.37 bits per heavy atom. The third-order valence-electron chi connectivity index (χ3n) is 2.67. The summed E-state index contributed by atoms with van der Waals surface area (Å²) in [6.07, 6.45) is 3.35. The van der Waals surface area contributed by atoms with Crippen LogP contribution in [0.25, 0.3) is 0 Å². The van der Waals surface area contributed by atoms with E-state index in [0.29, 0.717) is 6.54 Å². The maximum atomic E-state index is 13.8.